The number of amides is 2. The summed E-state index contributed by atoms with van der Waals surface area (Å²) >= 11 is 0. The van der Waals surface area contributed by atoms with E-state index >= 15 is 0 Å². The van der Waals surface area contributed by atoms with Crippen LogP contribution < -0.4 is 10.2 Å². The van der Waals surface area contributed by atoms with Gasteiger partial charge in [-0.2, -0.15) is 9.78 Å². The Balaban J connectivity index is 2.01. The number of carbonyl (C=O) groups is 3. The number of hydrogen-bond acceptors (Lipinski definition) is 6. The minimum Gasteiger partial charge on any atom is -0.444 e. The molecule has 1 aliphatic heterocycles. The van der Waals surface area contributed by atoms with E-state index in [4.69, 9.17) is 9.47 Å². The van der Waals surface area contributed by atoms with Crippen molar-refractivity contribution >= 4 is 34.7 Å². The van der Waals surface area contributed by atoms with Crippen LogP contribution in [-0.2, 0) is 20.7 Å². The van der Waals surface area contributed by atoms with Crippen LogP contribution >= 0.6 is 0 Å². The number of alkyl carbamates (subject to hydrolysis) is 1. The lowest BCUT2D eigenvalue weighted by atomic mass is 10.1. The van der Waals surface area contributed by atoms with Gasteiger partial charge in [-0.1, -0.05) is 6.07 Å². The lowest BCUT2D eigenvalue weighted by molar-refractivity contribution is -0.120. The zero-order valence-electron chi connectivity index (χ0n) is 18.4. The van der Waals surface area contributed by atoms with Crippen LogP contribution in [0.5, 0.6) is 0 Å². The maximum Gasteiger partial charge on any atom is 0.435 e. The summed E-state index contributed by atoms with van der Waals surface area (Å²) in [5.41, 5.74) is 0.283. The quantitative estimate of drug-likeness (QED) is 0.766. The van der Waals surface area contributed by atoms with Crippen LogP contribution in [0.15, 0.2) is 18.2 Å². The molecule has 9 heteroatoms. The van der Waals surface area contributed by atoms with E-state index in [0.29, 0.717) is 22.3 Å². The molecule has 1 aromatic heterocycles. The molecule has 0 fully saturated rings. The number of likely N-dealkylation sites (N-methyl/N-ethyl adjacent to an activating group) is 1. The van der Waals surface area contributed by atoms with Gasteiger partial charge in [0.15, 0.2) is 0 Å². The summed E-state index contributed by atoms with van der Waals surface area (Å²) in [7, 11) is 1.63. The van der Waals surface area contributed by atoms with Gasteiger partial charge >= 0.3 is 12.2 Å². The number of anilines is 1. The Kier molecular flexibility index (Phi) is 5.26. The lowest BCUT2D eigenvalue weighted by Crippen LogP contribution is -2.49. The van der Waals surface area contributed by atoms with E-state index in [1.807, 2.05) is 0 Å². The first-order chi connectivity index (χ1) is 13.8. The number of ether oxygens (including phenoxy) is 2. The predicted molar refractivity (Wildman–Crippen MR) is 112 cm³/mol. The SMILES string of the molecule is CN1C(=O)[C@@H](NC(=O)OC(C)(C)C)Cc2nn(C(=O)OC(C)(C)C)c3cccc1c23. The first-order valence-electron chi connectivity index (χ1n) is 9.78. The molecule has 0 saturated heterocycles. The van der Waals surface area contributed by atoms with Crippen molar-refractivity contribution in [1.82, 2.24) is 15.1 Å². The smallest absolute Gasteiger partial charge is 0.435 e. The second kappa shape index (κ2) is 7.30. The number of nitrogens with zero attached hydrogens (tertiary/aromatic N) is 3. The zero-order valence-corrected chi connectivity index (χ0v) is 18.4. The van der Waals surface area contributed by atoms with Gasteiger partial charge in [-0.25, -0.2) is 9.59 Å². The van der Waals surface area contributed by atoms with E-state index in [-0.39, 0.29) is 12.3 Å². The molecule has 1 aliphatic rings. The molecule has 0 saturated carbocycles. The Labute approximate surface area is 175 Å². The van der Waals surface area contributed by atoms with Gasteiger partial charge in [0.1, 0.15) is 17.2 Å². The van der Waals surface area contributed by atoms with Gasteiger partial charge in [0, 0.05) is 18.9 Å². The standard InChI is InChI=1S/C21H28N4O5/c1-20(2,3)29-18(27)22-13-11-12-16-14(24(7)17(13)26)9-8-10-15(16)25(23-12)19(28)30-21(4,5)6/h8-10,13H,11H2,1-7H3,(H,22,27)/t13-/m0/s1. The molecule has 3 rings (SSSR count). The van der Waals surface area contributed by atoms with Gasteiger partial charge in [-0.15, -0.1) is 0 Å². The second-order valence-electron chi connectivity index (χ2n) is 9.31. The van der Waals surface area contributed by atoms with Crippen molar-refractivity contribution in [3.8, 4) is 0 Å². The monoisotopic (exact) mass is 416 g/mol. The van der Waals surface area contributed by atoms with Crippen LogP contribution in [0.4, 0.5) is 15.3 Å². The first-order valence-corrected chi connectivity index (χ1v) is 9.78. The fourth-order valence-electron chi connectivity index (χ4n) is 3.29. The van der Waals surface area contributed by atoms with Gasteiger partial charge in [0.2, 0.25) is 5.91 Å². The number of carbonyl (C=O) groups excluding carboxylic acids is 3. The summed E-state index contributed by atoms with van der Waals surface area (Å²) in [4.78, 5) is 39.4. The molecule has 30 heavy (non-hydrogen) atoms. The van der Waals surface area contributed by atoms with Gasteiger partial charge in [0.25, 0.3) is 0 Å². The van der Waals surface area contributed by atoms with Gasteiger partial charge in [-0.3, -0.25) is 4.79 Å². The summed E-state index contributed by atoms with van der Waals surface area (Å²) < 4.78 is 12.0. The highest BCUT2D eigenvalue weighted by Gasteiger charge is 2.34. The van der Waals surface area contributed by atoms with Crippen molar-refractivity contribution in [3.05, 3.63) is 23.9 Å². The molecule has 162 valence electrons. The summed E-state index contributed by atoms with van der Waals surface area (Å²) in [6.07, 6.45) is -1.18. The molecule has 1 aromatic carbocycles. The van der Waals surface area contributed by atoms with Crippen molar-refractivity contribution < 1.29 is 23.9 Å². The molecule has 0 radical (unpaired) electrons. The van der Waals surface area contributed by atoms with Crippen molar-refractivity contribution in [2.45, 2.75) is 65.2 Å². The third-order valence-corrected chi connectivity index (χ3v) is 4.40. The Morgan fingerprint density at radius 2 is 1.73 bits per heavy atom. The zero-order chi connectivity index (χ0) is 22.4. The van der Waals surface area contributed by atoms with E-state index in [9.17, 15) is 14.4 Å². The Morgan fingerprint density at radius 1 is 1.10 bits per heavy atom. The van der Waals surface area contributed by atoms with Crippen LogP contribution in [0.25, 0.3) is 10.9 Å². The average molecular weight is 416 g/mol. The maximum absolute atomic E-state index is 13.0. The second-order valence-corrected chi connectivity index (χ2v) is 9.31. The molecule has 1 atom stereocenters. The van der Waals surface area contributed by atoms with Crippen molar-refractivity contribution in [3.63, 3.8) is 0 Å². The van der Waals surface area contributed by atoms with E-state index in [2.05, 4.69) is 10.4 Å². The number of rotatable bonds is 1. The minimum atomic E-state index is -0.887. The number of nitrogens with one attached hydrogen (secondary N) is 1. The van der Waals surface area contributed by atoms with Crippen molar-refractivity contribution in [2.75, 3.05) is 11.9 Å². The first kappa shape index (κ1) is 21.6. The third-order valence-electron chi connectivity index (χ3n) is 4.40. The molecule has 0 aliphatic carbocycles. The van der Waals surface area contributed by atoms with Gasteiger partial charge in [-0.05, 0) is 53.7 Å². The lowest BCUT2D eigenvalue weighted by Gasteiger charge is -2.25. The molecule has 0 bridgehead atoms. The minimum absolute atomic E-state index is 0.117. The highest BCUT2D eigenvalue weighted by atomic mass is 16.6. The number of benzene rings is 1. The molecule has 9 nitrogen and oxygen atoms in total. The molecular formula is C21H28N4O5. The van der Waals surface area contributed by atoms with Crippen LogP contribution in [0, 0.1) is 0 Å². The third kappa shape index (κ3) is 4.39. The molecule has 2 aromatic rings. The number of aromatic nitrogens is 2. The molecular weight excluding hydrogens is 388 g/mol. The van der Waals surface area contributed by atoms with Crippen molar-refractivity contribution in [2.24, 2.45) is 0 Å². The Hall–Kier alpha value is -3.10. The summed E-state index contributed by atoms with van der Waals surface area (Å²) in [5, 5.41) is 7.74. The largest absolute Gasteiger partial charge is 0.444 e. The highest BCUT2D eigenvalue weighted by molar-refractivity contribution is 6.09. The van der Waals surface area contributed by atoms with Gasteiger partial charge < -0.3 is 19.7 Å². The van der Waals surface area contributed by atoms with E-state index in [0.717, 1.165) is 0 Å². The number of hydrogen-bond donors (Lipinski definition) is 1. The van der Waals surface area contributed by atoms with E-state index in [1.54, 1.807) is 66.8 Å². The Morgan fingerprint density at radius 3 is 2.33 bits per heavy atom. The van der Waals surface area contributed by atoms with Gasteiger partial charge in [0.05, 0.1) is 16.9 Å². The fraction of sp³-hybridized carbons (Fsp3) is 0.524. The molecule has 1 N–H and O–H groups in total. The van der Waals surface area contributed by atoms with E-state index in [1.165, 1.54) is 9.58 Å². The summed E-state index contributed by atoms with van der Waals surface area (Å²) in [6, 6.07) is 4.39. The maximum atomic E-state index is 13.0. The van der Waals surface area contributed by atoms with Crippen LogP contribution in [0.2, 0.25) is 0 Å². The van der Waals surface area contributed by atoms with E-state index < -0.39 is 29.4 Å². The highest BCUT2D eigenvalue weighted by Crippen LogP contribution is 2.33. The molecule has 0 spiro atoms. The van der Waals surface area contributed by atoms with Crippen molar-refractivity contribution in [1.29, 1.82) is 0 Å². The fourth-order valence-corrected chi connectivity index (χ4v) is 3.29. The Bertz CT molecular complexity index is 1010. The molecule has 0 unspecified atom stereocenters. The van der Waals surface area contributed by atoms with Crippen LogP contribution in [0.3, 0.4) is 0 Å². The summed E-state index contributed by atoms with van der Waals surface area (Å²) in [6.45, 7) is 10.6. The summed E-state index contributed by atoms with van der Waals surface area (Å²) in [5.74, 6) is -0.296. The topological polar surface area (TPSA) is 103 Å². The molecule has 2 heterocycles. The normalized spacial score (nSPS) is 17.0. The predicted octanol–water partition coefficient (Wildman–Crippen LogP) is 3.23. The van der Waals surface area contributed by atoms with Crippen LogP contribution in [0.1, 0.15) is 47.2 Å². The molecule has 2 amide bonds. The average Bonchev–Trinajstić information content (AvgIpc) is 2.91. The van der Waals surface area contributed by atoms with Crippen LogP contribution in [-0.4, -0.2) is 52.2 Å².